The lowest BCUT2D eigenvalue weighted by molar-refractivity contribution is 0.187. The molecule has 0 bridgehead atoms. The second kappa shape index (κ2) is 9.75. The van der Waals surface area contributed by atoms with Gasteiger partial charge in [0.2, 0.25) is 0 Å². The largest absolute Gasteiger partial charge is 0.462 e. The molecule has 4 aromatic rings. The summed E-state index contributed by atoms with van der Waals surface area (Å²) in [5.41, 5.74) is 4.63. The van der Waals surface area contributed by atoms with E-state index in [9.17, 15) is 0 Å². The second-order valence-electron chi connectivity index (χ2n) is 10.6. The maximum absolute atomic E-state index is 6.69. The van der Waals surface area contributed by atoms with Gasteiger partial charge in [-0.3, -0.25) is 0 Å². The van der Waals surface area contributed by atoms with Crippen LogP contribution in [0.5, 0.6) is 6.01 Å². The standard InChI is InChI=1S/C29H32ClN7O/c1-34-11-4-7-21(34)18-38-29-32-25-17-35(26-9-3-6-20-5-2-8-24(30)27(20)26)12-10-23(25)28(33-29)36-13-14-37-19-31-15-22(37)16-36/h2-3,5-6,8-9,15,19,21H,4,7,10-14,16-18H2,1H3/t21-/m1/s1. The summed E-state index contributed by atoms with van der Waals surface area (Å²) < 4.78 is 8.52. The van der Waals surface area contributed by atoms with Crippen LogP contribution >= 0.6 is 11.6 Å². The van der Waals surface area contributed by atoms with Gasteiger partial charge in [0.15, 0.2) is 0 Å². The number of hydrogen-bond acceptors (Lipinski definition) is 7. The number of likely N-dealkylation sites (tertiary alicyclic amines) is 1. The van der Waals surface area contributed by atoms with E-state index in [4.69, 9.17) is 26.3 Å². The lowest BCUT2D eigenvalue weighted by atomic mass is 10.0. The molecule has 9 heteroatoms. The number of imidazole rings is 1. The molecule has 1 fully saturated rings. The van der Waals surface area contributed by atoms with Crippen LogP contribution in [0.3, 0.4) is 0 Å². The minimum Gasteiger partial charge on any atom is -0.462 e. The van der Waals surface area contributed by atoms with Crippen LogP contribution in [0.25, 0.3) is 10.8 Å². The molecule has 8 nitrogen and oxygen atoms in total. The van der Waals surface area contributed by atoms with Crippen molar-refractivity contribution >= 4 is 33.9 Å². The van der Waals surface area contributed by atoms with E-state index < -0.39 is 0 Å². The Balaban J connectivity index is 1.24. The lowest BCUT2D eigenvalue weighted by Crippen LogP contribution is -2.38. The molecule has 0 spiro atoms. The maximum atomic E-state index is 6.69. The fourth-order valence-electron chi connectivity index (χ4n) is 6.19. The van der Waals surface area contributed by atoms with Gasteiger partial charge in [-0.05, 0) is 50.4 Å². The average Bonchev–Trinajstić information content (AvgIpc) is 3.59. The van der Waals surface area contributed by atoms with Crippen LogP contribution in [0.15, 0.2) is 48.9 Å². The highest BCUT2D eigenvalue weighted by Gasteiger charge is 2.29. The lowest BCUT2D eigenvalue weighted by Gasteiger charge is -2.35. The first-order valence-corrected chi connectivity index (χ1v) is 13.9. The van der Waals surface area contributed by atoms with E-state index in [1.165, 1.54) is 17.7 Å². The molecule has 5 heterocycles. The van der Waals surface area contributed by atoms with Gasteiger partial charge >= 0.3 is 6.01 Å². The molecule has 3 aliphatic rings. The smallest absolute Gasteiger partial charge is 0.318 e. The Morgan fingerprint density at radius 1 is 1.00 bits per heavy atom. The summed E-state index contributed by atoms with van der Waals surface area (Å²) in [5, 5.41) is 3.03. The van der Waals surface area contributed by atoms with Crippen LogP contribution in [0, 0.1) is 0 Å². The molecule has 0 amide bonds. The SMILES string of the molecule is CN1CCC[C@@H]1COc1nc2c(c(N3CCn4cncc4C3)n1)CCN(c1cccc3cccc(Cl)c13)C2. The highest BCUT2D eigenvalue weighted by atomic mass is 35.5. The zero-order valence-corrected chi connectivity index (χ0v) is 22.4. The van der Waals surface area contributed by atoms with Crippen LogP contribution in [0.4, 0.5) is 11.5 Å². The van der Waals surface area contributed by atoms with E-state index in [1.54, 1.807) is 0 Å². The van der Waals surface area contributed by atoms with Crippen molar-refractivity contribution in [2.75, 3.05) is 43.1 Å². The summed E-state index contributed by atoms with van der Waals surface area (Å²) >= 11 is 6.69. The maximum Gasteiger partial charge on any atom is 0.318 e. The van der Waals surface area contributed by atoms with Gasteiger partial charge in [-0.15, -0.1) is 0 Å². The number of anilines is 2. The average molecular weight is 530 g/mol. The molecule has 0 radical (unpaired) electrons. The molecule has 38 heavy (non-hydrogen) atoms. The Bertz CT molecular complexity index is 1480. The van der Waals surface area contributed by atoms with E-state index in [-0.39, 0.29) is 0 Å². The van der Waals surface area contributed by atoms with Crippen LogP contribution < -0.4 is 14.5 Å². The molecule has 2 aromatic carbocycles. The van der Waals surface area contributed by atoms with Crippen molar-refractivity contribution in [1.29, 1.82) is 0 Å². The molecule has 7 rings (SSSR count). The number of halogens is 1. The number of hydrogen-bond donors (Lipinski definition) is 0. The number of ether oxygens (including phenoxy) is 1. The zero-order chi connectivity index (χ0) is 25.6. The third-order valence-corrected chi connectivity index (χ3v) is 8.65. The number of likely N-dealkylation sites (N-methyl/N-ethyl adjacent to an activating group) is 1. The molecule has 2 aromatic heterocycles. The third-order valence-electron chi connectivity index (χ3n) is 8.33. The van der Waals surface area contributed by atoms with E-state index >= 15 is 0 Å². The number of nitrogens with zero attached hydrogens (tertiary/aromatic N) is 7. The van der Waals surface area contributed by atoms with Gasteiger partial charge in [-0.2, -0.15) is 9.97 Å². The summed E-state index contributed by atoms with van der Waals surface area (Å²) in [6.45, 7) is 5.89. The van der Waals surface area contributed by atoms with Crippen molar-refractivity contribution in [3.05, 3.63) is 70.9 Å². The summed E-state index contributed by atoms with van der Waals surface area (Å²) in [5.74, 6) is 1.01. The van der Waals surface area contributed by atoms with Gasteiger partial charge in [0.25, 0.3) is 0 Å². The monoisotopic (exact) mass is 529 g/mol. The van der Waals surface area contributed by atoms with Crippen molar-refractivity contribution in [3.8, 4) is 6.01 Å². The van der Waals surface area contributed by atoms with Crippen molar-refractivity contribution in [2.45, 2.75) is 44.9 Å². The summed E-state index contributed by atoms with van der Waals surface area (Å²) in [4.78, 5) is 21.5. The summed E-state index contributed by atoms with van der Waals surface area (Å²) in [6, 6.07) is 13.4. The topological polar surface area (TPSA) is 62.6 Å². The molecule has 0 saturated carbocycles. The number of benzene rings is 2. The van der Waals surface area contributed by atoms with Gasteiger partial charge in [-0.25, -0.2) is 4.98 Å². The van der Waals surface area contributed by atoms with Crippen LogP contribution in [0.1, 0.15) is 29.8 Å². The first kappa shape index (κ1) is 23.7. The number of aromatic nitrogens is 4. The van der Waals surface area contributed by atoms with E-state index in [0.29, 0.717) is 25.2 Å². The molecule has 3 aliphatic heterocycles. The summed E-state index contributed by atoms with van der Waals surface area (Å²) in [7, 11) is 2.17. The molecule has 1 atom stereocenters. The molecular formula is C29H32ClN7O. The van der Waals surface area contributed by atoms with Gasteiger partial charge in [-0.1, -0.05) is 35.9 Å². The Kier molecular flexibility index (Phi) is 6.09. The number of fused-ring (bicyclic) bond motifs is 3. The highest BCUT2D eigenvalue weighted by molar-refractivity contribution is 6.36. The minimum absolute atomic E-state index is 0.414. The second-order valence-corrected chi connectivity index (χ2v) is 11.0. The van der Waals surface area contributed by atoms with Gasteiger partial charge < -0.3 is 24.0 Å². The normalized spacial score (nSPS) is 19.6. The highest BCUT2D eigenvalue weighted by Crippen LogP contribution is 2.37. The predicted molar refractivity (Wildman–Crippen MR) is 150 cm³/mol. The molecular weight excluding hydrogens is 498 g/mol. The molecule has 196 valence electrons. The Morgan fingerprint density at radius 3 is 2.76 bits per heavy atom. The van der Waals surface area contributed by atoms with Crippen molar-refractivity contribution in [3.63, 3.8) is 0 Å². The fraction of sp³-hybridized carbons (Fsp3) is 0.414. The summed E-state index contributed by atoms with van der Waals surface area (Å²) in [6.07, 6.45) is 7.11. The fourth-order valence-corrected chi connectivity index (χ4v) is 6.46. The van der Waals surface area contributed by atoms with E-state index in [1.807, 2.05) is 24.7 Å². The van der Waals surface area contributed by atoms with Crippen molar-refractivity contribution in [1.82, 2.24) is 24.4 Å². The molecule has 0 N–H and O–H groups in total. The molecule has 0 aliphatic carbocycles. The van der Waals surface area contributed by atoms with Gasteiger partial charge in [0, 0.05) is 48.5 Å². The van der Waals surface area contributed by atoms with E-state index in [0.717, 1.165) is 78.6 Å². The zero-order valence-electron chi connectivity index (χ0n) is 21.7. The van der Waals surface area contributed by atoms with Crippen molar-refractivity contribution in [2.24, 2.45) is 0 Å². The van der Waals surface area contributed by atoms with Gasteiger partial charge in [0.05, 0.1) is 35.8 Å². The van der Waals surface area contributed by atoms with Gasteiger partial charge in [0.1, 0.15) is 12.4 Å². The molecule has 1 saturated heterocycles. The van der Waals surface area contributed by atoms with Crippen LogP contribution in [-0.4, -0.2) is 63.7 Å². The third kappa shape index (κ3) is 4.25. The quantitative estimate of drug-likeness (QED) is 0.376. The number of rotatable bonds is 5. The van der Waals surface area contributed by atoms with E-state index in [2.05, 4.69) is 55.6 Å². The first-order valence-electron chi connectivity index (χ1n) is 13.5. The molecule has 0 unspecified atom stereocenters. The van der Waals surface area contributed by atoms with Crippen molar-refractivity contribution < 1.29 is 4.74 Å². The van der Waals surface area contributed by atoms with Crippen LogP contribution in [0.2, 0.25) is 5.02 Å². The van der Waals surface area contributed by atoms with Crippen LogP contribution in [-0.2, 0) is 26.1 Å². The Morgan fingerprint density at radius 2 is 1.89 bits per heavy atom. The Hall–Kier alpha value is -3.36. The Labute approximate surface area is 227 Å². The minimum atomic E-state index is 0.414. The first-order chi connectivity index (χ1) is 18.6. The predicted octanol–water partition coefficient (Wildman–Crippen LogP) is 4.54.